The summed E-state index contributed by atoms with van der Waals surface area (Å²) in [4.78, 5) is 9.39. The van der Waals surface area contributed by atoms with Gasteiger partial charge in [-0.3, -0.25) is 0 Å². The Morgan fingerprint density at radius 3 is 0.766 bits per heavy atom. The monoisotopic (exact) mass is 824 g/mol. The Morgan fingerprint density at radius 2 is 0.453 bits per heavy atom. The molecule has 308 valence electrons. The third-order valence-corrected chi connectivity index (χ3v) is 11.7. The van der Waals surface area contributed by atoms with Gasteiger partial charge in [0.2, 0.25) is 0 Å². The molecule has 0 saturated heterocycles. The standard InChI is InChI=1S/C60H48N4/c1-45-19-15-29-55(43-45)61(47-21-7-3-8-22-47)51-35-39-53(40-36-51)63(49-25-11-5-12-26-49)59-33-17-32-58-57(59)31-18-34-60(58)64(50-27-13-6-14-28-50)54-41-37-52(38-42-54)62(48-23-9-4-10-24-48)56-30-16-20-46(2)44-56/h3-44H,1-2H3. The number of aryl methyl sites for hydroxylation is 2. The van der Waals surface area contributed by atoms with Gasteiger partial charge >= 0.3 is 0 Å². The quantitative estimate of drug-likeness (QED) is 0.122. The Morgan fingerprint density at radius 1 is 0.203 bits per heavy atom. The van der Waals surface area contributed by atoms with Crippen LogP contribution in [-0.4, -0.2) is 0 Å². The molecular formula is C60H48N4. The van der Waals surface area contributed by atoms with E-state index in [4.69, 9.17) is 0 Å². The van der Waals surface area contributed by atoms with Crippen molar-refractivity contribution in [2.45, 2.75) is 13.8 Å². The maximum absolute atomic E-state index is 2.38. The molecule has 0 unspecified atom stereocenters. The van der Waals surface area contributed by atoms with Crippen molar-refractivity contribution in [1.29, 1.82) is 0 Å². The number of nitrogens with zero attached hydrogens (tertiary/aromatic N) is 4. The second-order valence-electron chi connectivity index (χ2n) is 16.0. The molecule has 0 amide bonds. The van der Waals surface area contributed by atoms with Crippen molar-refractivity contribution >= 4 is 79.0 Å². The molecule has 10 rings (SSSR count). The van der Waals surface area contributed by atoms with Gasteiger partial charge in [0, 0.05) is 67.6 Å². The van der Waals surface area contributed by atoms with Gasteiger partial charge < -0.3 is 19.6 Å². The van der Waals surface area contributed by atoms with Crippen molar-refractivity contribution < 1.29 is 0 Å². The highest BCUT2D eigenvalue weighted by Crippen LogP contribution is 2.46. The van der Waals surface area contributed by atoms with Gasteiger partial charge in [0.25, 0.3) is 0 Å². The minimum atomic E-state index is 1.07. The topological polar surface area (TPSA) is 13.0 Å². The Labute approximate surface area is 376 Å². The minimum absolute atomic E-state index is 1.07. The van der Waals surface area contributed by atoms with E-state index < -0.39 is 0 Å². The van der Waals surface area contributed by atoms with Crippen LogP contribution in [-0.2, 0) is 0 Å². The highest BCUT2D eigenvalue weighted by atomic mass is 15.2. The van der Waals surface area contributed by atoms with Gasteiger partial charge in [0.15, 0.2) is 0 Å². The molecule has 10 aromatic carbocycles. The van der Waals surface area contributed by atoms with Gasteiger partial charge in [-0.15, -0.1) is 0 Å². The van der Waals surface area contributed by atoms with Crippen LogP contribution in [0.15, 0.2) is 255 Å². The van der Waals surface area contributed by atoms with Crippen LogP contribution in [0.1, 0.15) is 11.1 Å². The first-order valence-electron chi connectivity index (χ1n) is 21.8. The Bertz CT molecular complexity index is 2900. The molecule has 10 aromatic rings. The van der Waals surface area contributed by atoms with Crippen LogP contribution >= 0.6 is 0 Å². The van der Waals surface area contributed by atoms with Gasteiger partial charge in [-0.05, 0) is 158 Å². The summed E-state index contributed by atoms with van der Waals surface area (Å²) >= 11 is 0. The zero-order chi connectivity index (χ0) is 43.2. The highest BCUT2D eigenvalue weighted by molar-refractivity contribution is 6.07. The molecule has 0 N–H and O–H groups in total. The average molecular weight is 825 g/mol. The second-order valence-corrected chi connectivity index (χ2v) is 16.0. The average Bonchev–Trinajstić information content (AvgIpc) is 3.34. The molecule has 4 nitrogen and oxygen atoms in total. The van der Waals surface area contributed by atoms with Gasteiger partial charge in [-0.2, -0.15) is 0 Å². The first kappa shape index (κ1) is 39.8. The van der Waals surface area contributed by atoms with Crippen molar-refractivity contribution in [1.82, 2.24) is 0 Å². The number of anilines is 12. The molecule has 0 spiro atoms. The highest BCUT2D eigenvalue weighted by Gasteiger charge is 2.22. The maximum Gasteiger partial charge on any atom is 0.0540 e. The van der Waals surface area contributed by atoms with E-state index in [1.807, 2.05) is 0 Å². The van der Waals surface area contributed by atoms with Gasteiger partial charge in [-0.1, -0.05) is 121 Å². The Kier molecular flexibility index (Phi) is 11.2. The van der Waals surface area contributed by atoms with Crippen molar-refractivity contribution in [2.24, 2.45) is 0 Å². The van der Waals surface area contributed by atoms with Crippen LogP contribution in [0.3, 0.4) is 0 Å². The molecule has 0 fully saturated rings. The summed E-state index contributed by atoms with van der Waals surface area (Å²) in [6.45, 7) is 4.29. The lowest BCUT2D eigenvalue weighted by molar-refractivity contribution is 1.25. The summed E-state index contributed by atoms with van der Waals surface area (Å²) in [5.74, 6) is 0. The predicted molar refractivity (Wildman–Crippen MR) is 272 cm³/mol. The fraction of sp³-hybridized carbons (Fsp3) is 0.0333. The largest absolute Gasteiger partial charge is 0.310 e. The van der Waals surface area contributed by atoms with Gasteiger partial charge in [0.1, 0.15) is 0 Å². The summed E-state index contributed by atoms with van der Waals surface area (Å²) in [5.41, 5.74) is 15.6. The summed E-state index contributed by atoms with van der Waals surface area (Å²) < 4.78 is 0. The normalized spacial score (nSPS) is 11.0. The van der Waals surface area contributed by atoms with Crippen LogP contribution in [0, 0.1) is 13.8 Å². The number of rotatable bonds is 12. The van der Waals surface area contributed by atoms with Crippen molar-refractivity contribution in [3.8, 4) is 0 Å². The van der Waals surface area contributed by atoms with E-state index >= 15 is 0 Å². The summed E-state index contributed by atoms with van der Waals surface area (Å²) in [5, 5.41) is 2.29. The fourth-order valence-corrected chi connectivity index (χ4v) is 8.76. The second kappa shape index (κ2) is 17.9. The number of fused-ring (bicyclic) bond motifs is 1. The molecule has 64 heavy (non-hydrogen) atoms. The number of hydrogen-bond acceptors (Lipinski definition) is 4. The smallest absolute Gasteiger partial charge is 0.0540 e. The zero-order valence-corrected chi connectivity index (χ0v) is 36.0. The van der Waals surface area contributed by atoms with E-state index in [0.717, 1.165) is 79.0 Å². The first-order chi connectivity index (χ1) is 31.6. The number of para-hydroxylation sites is 4. The van der Waals surface area contributed by atoms with Crippen molar-refractivity contribution in [3.05, 3.63) is 266 Å². The first-order valence-corrected chi connectivity index (χ1v) is 21.8. The SMILES string of the molecule is Cc1cccc(N(c2ccccc2)c2ccc(N(c3ccccc3)c3cccc4c(N(c5ccccc5)c5ccc(N(c6ccccc6)c6cccc(C)c6)cc5)cccc34)cc2)c1. The minimum Gasteiger partial charge on any atom is -0.310 e. The van der Waals surface area contributed by atoms with E-state index in [-0.39, 0.29) is 0 Å². The van der Waals surface area contributed by atoms with E-state index in [0.29, 0.717) is 0 Å². The van der Waals surface area contributed by atoms with Crippen LogP contribution in [0.2, 0.25) is 0 Å². The summed E-state index contributed by atoms with van der Waals surface area (Å²) in [6, 6.07) is 91.1. The summed E-state index contributed by atoms with van der Waals surface area (Å²) in [6.07, 6.45) is 0. The molecule has 0 radical (unpaired) electrons. The number of hydrogen-bond donors (Lipinski definition) is 0. The zero-order valence-electron chi connectivity index (χ0n) is 36.0. The van der Waals surface area contributed by atoms with E-state index in [1.165, 1.54) is 11.1 Å². The fourth-order valence-electron chi connectivity index (χ4n) is 8.76. The molecule has 0 aromatic heterocycles. The maximum atomic E-state index is 2.38. The Hall–Kier alpha value is -8.34. The lowest BCUT2D eigenvalue weighted by Crippen LogP contribution is -2.13. The number of benzene rings is 10. The molecule has 0 aliphatic carbocycles. The van der Waals surface area contributed by atoms with Crippen LogP contribution < -0.4 is 19.6 Å². The predicted octanol–water partition coefficient (Wildman–Crippen LogP) is 17.3. The Balaban J connectivity index is 1.07. The van der Waals surface area contributed by atoms with Crippen LogP contribution in [0.4, 0.5) is 68.2 Å². The molecule has 0 bridgehead atoms. The molecule has 0 saturated carbocycles. The molecule has 0 aliphatic rings. The van der Waals surface area contributed by atoms with Crippen molar-refractivity contribution in [2.75, 3.05) is 19.6 Å². The van der Waals surface area contributed by atoms with Crippen LogP contribution in [0.5, 0.6) is 0 Å². The third-order valence-electron chi connectivity index (χ3n) is 11.7. The van der Waals surface area contributed by atoms with Crippen LogP contribution in [0.25, 0.3) is 10.8 Å². The third kappa shape index (κ3) is 8.09. The molecule has 4 heteroatoms. The van der Waals surface area contributed by atoms with Gasteiger partial charge in [-0.25, -0.2) is 0 Å². The molecular weight excluding hydrogens is 777 g/mol. The lowest BCUT2D eigenvalue weighted by Gasteiger charge is -2.31. The van der Waals surface area contributed by atoms with E-state index in [9.17, 15) is 0 Å². The van der Waals surface area contributed by atoms with E-state index in [2.05, 4.69) is 288 Å². The summed E-state index contributed by atoms with van der Waals surface area (Å²) in [7, 11) is 0. The molecule has 0 atom stereocenters. The molecule has 0 heterocycles. The molecule has 0 aliphatic heterocycles. The lowest BCUT2D eigenvalue weighted by atomic mass is 10.0. The van der Waals surface area contributed by atoms with Crippen molar-refractivity contribution in [3.63, 3.8) is 0 Å². The van der Waals surface area contributed by atoms with E-state index in [1.54, 1.807) is 0 Å². The van der Waals surface area contributed by atoms with Gasteiger partial charge in [0.05, 0.1) is 11.4 Å².